The molecule has 2 aromatic heterocycles. The molecule has 0 radical (unpaired) electrons. The highest BCUT2D eigenvalue weighted by atomic mass is 32.1. The average molecular weight is 613 g/mol. The van der Waals surface area contributed by atoms with E-state index in [9.17, 15) is 14.4 Å². The van der Waals surface area contributed by atoms with Gasteiger partial charge < -0.3 is 19.9 Å². The van der Waals surface area contributed by atoms with Gasteiger partial charge in [0, 0.05) is 49.5 Å². The molecule has 0 bridgehead atoms. The first-order valence-electron chi connectivity index (χ1n) is 14.8. The fraction of sp³-hybridized carbons (Fsp3) is 0.333. The first kappa shape index (κ1) is 29.6. The van der Waals surface area contributed by atoms with Gasteiger partial charge in [0.05, 0.1) is 11.4 Å². The summed E-state index contributed by atoms with van der Waals surface area (Å²) in [5, 5.41) is 3.74. The SMILES string of the molecule is Cc1c(-c2c[nH]c(=O)c(Nc3ccc(C4C(=O)N(C)CCN4C)cc3)n2)cccc1N(C)C(=O)Oc1cc2c(s1)CCCC2. The molecule has 2 amide bonds. The molecule has 1 unspecified atom stereocenters. The van der Waals surface area contributed by atoms with Crippen molar-refractivity contribution >= 4 is 40.5 Å². The molecule has 228 valence electrons. The second kappa shape index (κ2) is 12.3. The number of H-pyrrole nitrogens is 1. The largest absolute Gasteiger partial charge is 0.420 e. The average Bonchev–Trinajstić information content (AvgIpc) is 3.43. The van der Waals surface area contributed by atoms with Gasteiger partial charge in [-0.15, -0.1) is 11.3 Å². The highest BCUT2D eigenvalue weighted by Crippen LogP contribution is 2.36. The maximum atomic E-state index is 13.1. The zero-order valence-electron chi connectivity index (χ0n) is 25.3. The predicted octanol–water partition coefficient (Wildman–Crippen LogP) is 5.51. The van der Waals surface area contributed by atoms with Crippen LogP contribution in [0.4, 0.5) is 22.0 Å². The number of nitrogens with one attached hydrogen (secondary N) is 2. The number of hydrogen-bond acceptors (Lipinski definition) is 8. The molecule has 0 spiro atoms. The molecule has 1 aliphatic heterocycles. The third-order valence-corrected chi connectivity index (χ3v) is 9.61. The Morgan fingerprint density at radius 2 is 1.86 bits per heavy atom. The van der Waals surface area contributed by atoms with E-state index in [1.54, 1.807) is 29.5 Å². The topological polar surface area (TPSA) is 111 Å². The van der Waals surface area contributed by atoms with Gasteiger partial charge in [0.2, 0.25) is 5.91 Å². The van der Waals surface area contributed by atoms with Crippen LogP contribution in [0.25, 0.3) is 11.3 Å². The van der Waals surface area contributed by atoms with Gasteiger partial charge in [0.25, 0.3) is 5.56 Å². The number of anilines is 3. The zero-order chi connectivity index (χ0) is 31.0. The Morgan fingerprint density at radius 1 is 1.09 bits per heavy atom. The molecule has 1 fully saturated rings. The molecule has 0 saturated carbocycles. The van der Waals surface area contributed by atoms with Crippen LogP contribution in [0.2, 0.25) is 0 Å². The van der Waals surface area contributed by atoms with Gasteiger partial charge in [0.1, 0.15) is 6.04 Å². The Bertz CT molecular complexity index is 1740. The maximum absolute atomic E-state index is 13.1. The molecule has 2 aromatic carbocycles. The molecular formula is C33H36N6O4S. The van der Waals surface area contributed by atoms with Crippen molar-refractivity contribution in [2.75, 3.05) is 44.4 Å². The minimum atomic E-state index is -0.461. The van der Waals surface area contributed by atoms with E-state index in [4.69, 9.17) is 4.74 Å². The summed E-state index contributed by atoms with van der Waals surface area (Å²) >= 11 is 1.55. The summed E-state index contributed by atoms with van der Waals surface area (Å²) in [4.78, 5) is 52.6. The standard InChI is InChI=1S/C33H36N6O4S/c1-20-24(9-7-10-26(20)39(4)33(42)43-28-18-22-8-5-6-11-27(22)44-28)25-19-34-31(40)30(36-25)35-23-14-12-21(13-15-23)29-32(41)38(3)17-16-37(29)2/h7,9-10,12-15,18-19,29H,5-6,8,11,16-17H2,1-4H3,(H,34,40)(H,35,36). The number of carbonyl (C=O) groups is 2. The number of benzene rings is 2. The van der Waals surface area contributed by atoms with Gasteiger partial charge in [0.15, 0.2) is 10.9 Å². The number of aromatic amines is 1. The lowest BCUT2D eigenvalue weighted by atomic mass is 10.00. The van der Waals surface area contributed by atoms with Crippen LogP contribution in [-0.2, 0) is 17.6 Å². The number of nitrogens with zero attached hydrogens (tertiary/aromatic N) is 4. The van der Waals surface area contributed by atoms with Crippen LogP contribution in [0.3, 0.4) is 0 Å². The van der Waals surface area contributed by atoms with Gasteiger partial charge in [-0.25, -0.2) is 9.78 Å². The van der Waals surface area contributed by atoms with Crippen molar-refractivity contribution in [2.24, 2.45) is 0 Å². The van der Waals surface area contributed by atoms with Gasteiger partial charge in [-0.1, -0.05) is 24.3 Å². The minimum Gasteiger partial charge on any atom is -0.399 e. The second-order valence-corrected chi connectivity index (χ2v) is 12.6. The first-order valence-corrected chi connectivity index (χ1v) is 15.6. The molecule has 1 atom stereocenters. The fourth-order valence-electron chi connectivity index (χ4n) is 5.89. The molecule has 10 nitrogen and oxygen atoms in total. The smallest absolute Gasteiger partial charge is 0.399 e. The number of rotatable bonds is 6. The van der Waals surface area contributed by atoms with Crippen molar-refractivity contribution in [1.29, 1.82) is 0 Å². The minimum absolute atomic E-state index is 0.0620. The Labute approximate surface area is 260 Å². The molecule has 2 N–H and O–H groups in total. The van der Waals surface area contributed by atoms with Crippen LogP contribution in [-0.4, -0.2) is 66.0 Å². The van der Waals surface area contributed by atoms with Crippen LogP contribution in [0.15, 0.2) is 59.5 Å². The lowest BCUT2D eigenvalue weighted by molar-refractivity contribution is -0.139. The van der Waals surface area contributed by atoms with Crippen molar-refractivity contribution in [3.8, 4) is 16.3 Å². The number of thiophene rings is 1. The highest BCUT2D eigenvalue weighted by Gasteiger charge is 2.32. The van der Waals surface area contributed by atoms with E-state index in [-0.39, 0.29) is 23.3 Å². The molecule has 6 rings (SSSR count). The van der Waals surface area contributed by atoms with E-state index in [2.05, 4.69) is 15.3 Å². The van der Waals surface area contributed by atoms with Crippen molar-refractivity contribution in [1.82, 2.24) is 19.8 Å². The van der Waals surface area contributed by atoms with Crippen LogP contribution in [0.1, 0.15) is 40.5 Å². The second-order valence-electron chi connectivity index (χ2n) is 11.5. The predicted molar refractivity (Wildman–Crippen MR) is 173 cm³/mol. The third-order valence-electron chi connectivity index (χ3n) is 8.49. The summed E-state index contributed by atoms with van der Waals surface area (Å²) in [6, 6.07) is 14.7. The van der Waals surface area contributed by atoms with E-state index in [0.29, 0.717) is 28.7 Å². The maximum Gasteiger partial charge on any atom is 0.420 e. The summed E-state index contributed by atoms with van der Waals surface area (Å²) in [6.45, 7) is 3.42. The van der Waals surface area contributed by atoms with Gasteiger partial charge >= 0.3 is 6.09 Å². The number of ether oxygens (including phenoxy) is 1. The number of amides is 2. The quantitative estimate of drug-likeness (QED) is 0.296. The zero-order valence-corrected chi connectivity index (χ0v) is 26.2. The number of carbonyl (C=O) groups excluding carboxylic acids is 2. The molecule has 1 saturated heterocycles. The third kappa shape index (κ3) is 5.85. The van der Waals surface area contributed by atoms with E-state index in [1.807, 2.05) is 74.4 Å². The number of aryl methyl sites for hydroxylation is 2. The monoisotopic (exact) mass is 612 g/mol. The number of aromatic nitrogens is 2. The van der Waals surface area contributed by atoms with Crippen LogP contribution in [0, 0.1) is 6.92 Å². The summed E-state index contributed by atoms with van der Waals surface area (Å²) < 4.78 is 5.76. The summed E-state index contributed by atoms with van der Waals surface area (Å²) in [7, 11) is 5.46. The molecular weight excluding hydrogens is 576 g/mol. The number of likely N-dealkylation sites (N-methyl/N-ethyl adjacent to an activating group) is 2. The van der Waals surface area contributed by atoms with E-state index >= 15 is 0 Å². The Morgan fingerprint density at radius 3 is 2.64 bits per heavy atom. The van der Waals surface area contributed by atoms with Crippen molar-refractivity contribution in [3.05, 3.63) is 86.6 Å². The molecule has 2 aliphatic rings. The summed E-state index contributed by atoms with van der Waals surface area (Å²) in [6.07, 6.45) is 5.53. The Balaban J connectivity index is 1.20. The Hall–Kier alpha value is -4.48. The van der Waals surface area contributed by atoms with Crippen molar-refractivity contribution < 1.29 is 14.3 Å². The first-order chi connectivity index (χ1) is 21.2. The summed E-state index contributed by atoms with van der Waals surface area (Å²) in [5.41, 5.74) is 5.30. The van der Waals surface area contributed by atoms with Crippen LogP contribution < -0.4 is 20.5 Å². The fourth-order valence-corrected chi connectivity index (χ4v) is 6.98. The molecule has 44 heavy (non-hydrogen) atoms. The Kier molecular flexibility index (Phi) is 8.24. The van der Waals surface area contributed by atoms with E-state index < -0.39 is 6.09 Å². The van der Waals surface area contributed by atoms with Crippen LogP contribution in [0.5, 0.6) is 5.06 Å². The molecule has 4 aromatic rings. The van der Waals surface area contributed by atoms with Crippen LogP contribution >= 0.6 is 11.3 Å². The number of fused-ring (bicyclic) bond motifs is 1. The number of hydrogen-bond donors (Lipinski definition) is 2. The highest BCUT2D eigenvalue weighted by molar-refractivity contribution is 7.14. The van der Waals surface area contributed by atoms with Gasteiger partial charge in [-0.2, -0.15) is 0 Å². The van der Waals surface area contributed by atoms with Crippen molar-refractivity contribution in [3.63, 3.8) is 0 Å². The van der Waals surface area contributed by atoms with Crippen molar-refractivity contribution in [2.45, 2.75) is 38.6 Å². The lowest BCUT2D eigenvalue weighted by Crippen LogP contribution is -2.48. The lowest BCUT2D eigenvalue weighted by Gasteiger charge is -2.37. The van der Waals surface area contributed by atoms with E-state index in [0.717, 1.165) is 36.1 Å². The normalized spacial score (nSPS) is 16.9. The molecule has 11 heteroatoms. The van der Waals surface area contributed by atoms with Gasteiger partial charge in [-0.05, 0) is 80.6 Å². The van der Waals surface area contributed by atoms with Gasteiger partial charge in [-0.3, -0.25) is 19.4 Å². The molecule has 3 heterocycles. The summed E-state index contributed by atoms with van der Waals surface area (Å²) in [5.74, 6) is 0.201. The molecule has 1 aliphatic carbocycles. The number of piperazine rings is 1. The van der Waals surface area contributed by atoms with E-state index in [1.165, 1.54) is 28.2 Å².